The molecule has 13 heteroatoms. The van der Waals surface area contributed by atoms with Crippen molar-refractivity contribution in [3.63, 3.8) is 0 Å². The molecule has 2 aliphatic rings. The molecule has 0 unspecified atom stereocenters. The van der Waals surface area contributed by atoms with Gasteiger partial charge in [0.05, 0.1) is 12.2 Å². The maximum Gasteiger partial charge on any atom is 0.490 e. The molecule has 2 fully saturated rings. The Morgan fingerprint density at radius 2 is 1.90 bits per heavy atom. The van der Waals surface area contributed by atoms with Gasteiger partial charge in [0, 0.05) is 32.8 Å². The second-order valence-electron chi connectivity index (χ2n) is 6.45. The molecule has 1 aromatic heterocycles. The third kappa shape index (κ3) is 8.47. The van der Waals surface area contributed by atoms with Crippen LogP contribution in [0.25, 0.3) is 0 Å². The quantitative estimate of drug-likeness (QED) is 0.607. The Bertz CT molecular complexity index is 784. The fraction of sp³-hybridized carbons (Fsp3) is 0.500. The van der Waals surface area contributed by atoms with E-state index in [0.717, 1.165) is 32.0 Å². The summed E-state index contributed by atoms with van der Waals surface area (Å²) in [5.74, 6) is -2.86. The monoisotopic (exact) mass is 445 g/mol. The molecule has 1 aromatic rings. The molecule has 3 rings (SSSR count). The average Bonchev–Trinajstić information content (AvgIpc) is 3.40. The van der Waals surface area contributed by atoms with Gasteiger partial charge in [0.2, 0.25) is 5.91 Å². The molecule has 10 nitrogen and oxygen atoms in total. The summed E-state index contributed by atoms with van der Waals surface area (Å²) in [5.41, 5.74) is 0.607. The summed E-state index contributed by atoms with van der Waals surface area (Å²) in [6.45, 7) is 4.83. The number of anilines is 1. The molecular formula is C18H22F3N5O5. The standard InChI is InChI=1S/C9H10N4.C7H11NO3.C2HF3O2/c10-5-8-1-2-9(12-6-8)13-4-3-11-7-13;1-5(9)8-4-2-3-6(8)7(10)11;3-2(4,5)1(6)7/h1-2,6,11H,3-4,7H2;6H,2-4H2,1H3,(H,10,11);(H,6,7)/t;6-;/m.0./s1. The van der Waals surface area contributed by atoms with E-state index in [1.54, 1.807) is 12.3 Å². The number of nitrogens with zero attached hydrogens (tertiary/aromatic N) is 4. The number of carboxylic acids is 2. The first-order valence-corrected chi connectivity index (χ1v) is 9.09. The van der Waals surface area contributed by atoms with Gasteiger partial charge in [-0.1, -0.05) is 0 Å². The lowest BCUT2D eigenvalue weighted by atomic mass is 10.2. The zero-order valence-corrected chi connectivity index (χ0v) is 16.6. The number of hydrogen-bond acceptors (Lipinski definition) is 7. The molecular weight excluding hydrogens is 423 g/mol. The van der Waals surface area contributed by atoms with Gasteiger partial charge in [-0.2, -0.15) is 18.4 Å². The third-order valence-electron chi connectivity index (χ3n) is 4.25. The first-order chi connectivity index (χ1) is 14.5. The molecule has 170 valence electrons. The molecule has 0 aromatic carbocycles. The third-order valence-corrected chi connectivity index (χ3v) is 4.25. The van der Waals surface area contributed by atoms with Crippen LogP contribution in [0.3, 0.4) is 0 Å². The molecule has 0 bridgehead atoms. The Kier molecular flexibility index (Phi) is 9.68. The van der Waals surface area contributed by atoms with Gasteiger partial charge in [-0.25, -0.2) is 14.6 Å². The molecule has 3 heterocycles. The molecule has 2 aliphatic heterocycles. The van der Waals surface area contributed by atoms with Crippen molar-refractivity contribution < 1.29 is 37.8 Å². The molecule has 1 atom stereocenters. The predicted molar refractivity (Wildman–Crippen MR) is 101 cm³/mol. The summed E-state index contributed by atoms with van der Waals surface area (Å²) in [7, 11) is 0. The van der Waals surface area contributed by atoms with Gasteiger partial charge < -0.3 is 20.0 Å². The highest BCUT2D eigenvalue weighted by Gasteiger charge is 2.38. The number of rotatable bonds is 2. The van der Waals surface area contributed by atoms with Crippen LogP contribution in [0.4, 0.5) is 19.0 Å². The van der Waals surface area contributed by atoms with Crippen molar-refractivity contribution >= 4 is 23.7 Å². The minimum atomic E-state index is -5.08. The van der Waals surface area contributed by atoms with E-state index in [9.17, 15) is 22.8 Å². The number of hydrogen-bond donors (Lipinski definition) is 3. The molecule has 0 spiro atoms. The van der Waals surface area contributed by atoms with Crippen LogP contribution in [-0.2, 0) is 14.4 Å². The van der Waals surface area contributed by atoms with E-state index in [4.69, 9.17) is 20.3 Å². The number of carboxylic acid groups (broad SMARTS) is 2. The molecule has 0 radical (unpaired) electrons. The smallest absolute Gasteiger partial charge is 0.480 e. The summed E-state index contributed by atoms with van der Waals surface area (Å²) >= 11 is 0. The number of amides is 1. The molecule has 2 saturated heterocycles. The number of nitriles is 1. The second kappa shape index (κ2) is 11.7. The first-order valence-electron chi connectivity index (χ1n) is 9.09. The predicted octanol–water partition coefficient (Wildman–Crippen LogP) is 1.04. The van der Waals surface area contributed by atoms with E-state index < -0.39 is 24.2 Å². The Morgan fingerprint density at radius 1 is 1.26 bits per heavy atom. The van der Waals surface area contributed by atoms with Crippen molar-refractivity contribution in [1.29, 1.82) is 5.26 Å². The molecule has 0 saturated carbocycles. The fourth-order valence-corrected chi connectivity index (χ4v) is 2.74. The number of alkyl halides is 3. The van der Waals surface area contributed by atoms with E-state index in [-0.39, 0.29) is 5.91 Å². The van der Waals surface area contributed by atoms with Crippen LogP contribution in [-0.4, -0.2) is 76.5 Å². The van der Waals surface area contributed by atoms with Crippen molar-refractivity contribution in [2.24, 2.45) is 0 Å². The Morgan fingerprint density at radius 3 is 2.26 bits per heavy atom. The van der Waals surface area contributed by atoms with Gasteiger partial charge >= 0.3 is 18.1 Å². The fourth-order valence-electron chi connectivity index (χ4n) is 2.74. The van der Waals surface area contributed by atoms with Crippen LogP contribution in [0, 0.1) is 11.3 Å². The summed E-state index contributed by atoms with van der Waals surface area (Å²) in [4.78, 5) is 38.0. The minimum Gasteiger partial charge on any atom is -0.480 e. The molecule has 0 aliphatic carbocycles. The van der Waals surface area contributed by atoms with Crippen molar-refractivity contribution in [2.75, 3.05) is 31.2 Å². The maximum absolute atomic E-state index is 10.8. The van der Waals surface area contributed by atoms with Crippen LogP contribution in [0.15, 0.2) is 18.3 Å². The highest BCUT2D eigenvalue weighted by molar-refractivity contribution is 5.82. The summed E-state index contributed by atoms with van der Waals surface area (Å²) < 4.78 is 31.7. The average molecular weight is 445 g/mol. The maximum atomic E-state index is 10.8. The van der Waals surface area contributed by atoms with Crippen molar-refractivity contribution in [2.45, 2.75) is 32.0 Å². The number of carbonyl (C=O) groups excluding carboxylic acids is 1. The number of aliphatic carboxylic acids is 2. The first kappa shape index (κ1) is 25.6. The van der Waals surface area contributed by atoms with Gasteiger partial charge in [0.15, 0.2) is 0 Å². The van der Waals surface area contributed by atoms with Crippen LogP contribution in [0.1, 0.15) is 25.3 Å². The number of halogens is 3. The number of carbonyl (C=O) groups is 3. The number of pyridine rings is 1. The van der Waals surface area contributed by atoms with Gasteiger partial charge in [-0.3, -0.25) is 10.1 Å². The lowest BCUT2D eigenvalue weighted by molar-refractivity contribution is -0.192. The van der Waals surface area contributed by atoms with Gasteiger partial charge in [0.25, 0.3) is 0 Å². The zero-order chi connectivity index (χ0) is 23.6. The van der Waals surface area contributed by atoms with Crippen LogP contribution in [0.5, 0.6) is 0 Å². The van der Waals surface area contributed by atoms with E-state index in [0.29, 0.717) is 18.5 Å². The van der Waals surface area contributed by atoms with E-state index in [1.165, 1.54) is 11.8 Å². The van der Waals surface area contributed by atoms with Gasteiger partial charge in [-0.15, -0.1) is 0 Å². The summed E-state index contributed by atoms with van der Waals surface area (Å²) in [5, 5.41) is 27.6. The Balaban J connectivity index is 0.000000245. The second-order valence-corrected chi connectivity index (χ2v) is 6.45. The van der Waals surface area contributed by atoms with E-state index >= 15 is 0 Å². The number of aromatic nitrogens is 1. The Hall–Kier alpha value is -3.40. The Labute approximate surface area is 175 Å². The summed E-state index contributed by atoms with van der Waals surface area (Å²) in [6.07, 6.45) is -2.08. The highest BCUT2D eigenvalue weighted by atomic mass is 19.4. The topological polar surface area (TPSA) is 147 Å². The normalized spacial score (nSPS) is 17.6. The molecule has 31 heavy (non-hydrogen) atoms. The lowest BCUT2D eigenvalue weighted by Crippen LogP contribution is -2.38. The molecule has 1 amide bonds. The minimum absolute atomic E-state index is 0.144. The van der Waals surface area contributed by atoms with Crippen molar-refractivity contribution in [3.05, 3.63) is 23.9 Å². The van der Waals surface area contributed by atoms with Crippen LogP contribution >= 0.6 is 0 Å². The number of nitrogens with one attached hydrogen (secondary N) is 1. The van der Waals surface area contributed by atoms with Gasteiger partial charge in [0.1, 0.15) is 17.9 Å². The van der Waals surface area contributed by atoms with Gasteiger partial charge in [-0.05, 0) is 25.0 Å². The SMILES string of the molecule is CC(=O)N1CCC[C@H]1C(=O)O.N#Cc1ccc(N2CCNC2)nc1.O=C(O)C(F)(F)F. The zero-order valence-electron chi connectivity index (χ0n) is 16.6. The van der Waals surface area contributed by atoms with E-state index in [2.05, 4.69) is 15.2 Å². The summed E-state index contributed by atoms with van der Waals surface area (Å²) in [6, 6.07) is 5.14. The van der Waals surface area contributed by atoms with Crippen molar-refractivity contribution in [3.8, 4) is 6.07 Å². The lowest BCUT2D eigenvalue weighted by Gasteiger charge is -2.18. The van der Waals surface area contributed by atoms with Crippen molar-refractivity contribution in [1.82, 2.24) is 15.2 Å². The van der Waals surface area contributed by atoms with E-state index in [1.807, 2.05) is 12.1 Å². The molecule has 3 N–H and O–H groups in total. The number of likely N-dealkylation sites (tertiary alicyclic amines) is 1. The highest BCUT2D eigenvalue weighted by Crippen LogP contribution is 2.17. The largest absolute Gasteiger partial charge is 0.490 e. The van der Waals surface area contributed by atoms with Crippen LogP contribution < -0.4 is 10.2 Å². The van der Waals surface area contributed by atoms with Crippen LogP contribution in [0.2, 0.25) is 0 Å².